The van der Waals surface area contributed by atoms with E-state index in [0.717, 1.165) is 0 Å². The summed E-state index contributed by atoms with van der Waals surface area (Å²) >= 11 is 0. The standard InChI is InChI=1S/C11H22N2O2/c1-8(12)9-7-13(5-6-15-9)10(14)11(2,3)4/h8-9H,5-7,12H2,1-4H3. The number of ether oxygens (including phenoxy) is 1. The van der Waals surface area contributed by atoms with Crippen LogP contribution in [0.4, 0.5) is 0 Å². The average molecular weight is 214 g/mol. The number of carbonyl (C=O) groups is 1. The number of nitrogens with zero attached hydrogens (tertiary/aromatic N) is 1. The van der Waals surface area contributed by atoms with Crippen LogP contribution < -0.4 is 5.73 Å². The Morgan fingerprint density at radius 1 is 1.53 bits per heavy atom. The van der Waals surface area contributed by atoms with Crippen LogP contribution in [0.5, 0.6) is 0 Å². The summed E-state index contributed by atoms with van der Waals surface area (Å²) in [5.41, 5.74) is 5.46. The van der Waals surface area contributed by atoms with E-state index in [4.69, 9.17) is 10.5 Å². The molecule has 2 unspecified atom stereocenters. The summed E-state index contributed by atoms with van der Waals surface area (Å²) < 4.78 is 5.51. The summed E-state index contributed by atoms with van der Waals surface area (Å²) in [6.07, 6.45) is -0.0231. The number of amides is 1. The first-order chi connectivity index (χ1) is 6.82. The van der Waals surface area contributed by atoms with Gasteiger partial charge in [-0.3, -0.25) is 4.79 Å². The quantitative estimate of drug-likeness (QED) is 0.695. The molecule has 88 valence electrons. The van der Waals surface area contributed by atoms with Gasteiger partial charge in [-0.2, -0.15) is 0 Å². The Balaban J connectivity index is 2.60. The van der Waals surface area contributed by atoms with Crippen molar-refractivity contribution in [1.82, 2.24) is 4.90 Å². The fourth-order valence-corrected chi connectivity index (χ4v) is 1.65. The molecule has 0 aromatic rings. The van der Waals surface area contributed by atoms with Crippen LogP contribution in [0, 0.1) is 5.41 Å². The molecule has 4 heteroatoms. The molecule has 2 N–H and O–H groups in total. The SMILES string of the molecule is CC(N)C1CN(C(=O)C(C)(C)C)CCO1. The van der Waals surface area contributed by atoms with Gasteiger partial charge in [-0.1, -0.05) is 20.8 Å². The minimum atomic E-state index is -0.320. The molecule has 0 aromatic carbocycles. The molecule has 0 spiro atoms. The predicted octanol–water partition coefficient (Wildman–Crippen LogP) is 0.607. The predicted molar refractivity (Wildman–Crippen MR) is 59.4 cm³/mol. The topological polar surface area (TPSA) is 55.6 Å². The largest absolute Gasteiger partial charge is 0.373 e. The van der Waals surface area contributed by atoms with Gasteiger partial charge in [0.1, 0.15) is 0 Å². The van der Waals surface area contributed by atoms with Gasteiger partial charge in [-0.25, -0.2) is 0 Å². The van der Waals surface area contributed by atoms with Gasteiger partial charge in [-0.05, 0) is 6.92 Å². The lowest BCUT2D eigenvalue weighted by molar-refractivity contribution is -0.147. The minimum absolute atomic E-state index is 0.0231. The Morgan fingerprint density at radius 2 is 2.13 bits per heavy atom. The monoisotopic (exact) mass is 214 g/mol. The van der Waals surface area contributed by atoms with Gasteiger partial charge in [-0.15, -0.1) is 0 Å². The second-order valence-corrected chi connectivity index (χ2v) is 5.27. The molecule has 1 aliphatic heterocycles. The van der Waals surface area contributed by atoms with Crippen LogP contribution in [0.2, 0.25) is 0 Å². The fraction of sp³-hybridized carbons (Fsp3) is 0.909. The Labute approximate surface area is 91.8 Å². The third-order valence-electron chi connectivity index (χ3n) is 2.61. The lowest BCUT2D eigenvalue weighted by Crippen LogP contribution is -2.53. The molecule has 1 amide bonds. The van der Waals surface area contributed by atoms with E-state index in [1.807, 2.05) is 32.6 Å². The highest BCUT2D eigenvalue weighted by Gasteiger charge is 2.32. The van der Waals surface area contributed by atoms with Crippen molar-refractivity contribution >= 4 is 5.91 Å². The Morgan fingerprint density at radius 3 is 2.60 bits per heavy atom. The minimum Gasteiger partial charge on any atom is -0.373 e. The highest BCUT2D eigenvalue weighted by Crippen LogP contribution is 2.19. The number of hydrogen-bond donors (Lipinski definition) is 1. The van der Waals surface area contributed by atoms with Gasteiger partial charge >= 0.3 is 0 Å². The molecule has 1 aliphatic rings. The lowest BCUT2D eigenvalue weighted by Gasteiger charge is -2.37. The molecular formula is C11H22N2O2. The van der Waals surface area contributed by atoms with E-state index >= 15 is 0 Å². The Hall–Kier alpha value is -0.610. The van der Waals surface area contributed by atoms with Crippen LogP contribution in [0.1, 0.15) is 27.7 Å². The first-order valence-corrected chi connectivity index (χ1v) is 5.49. The number of nitrogens with two attached hydrogens (primary N) is 1. The zero-order valence-corrected chi connectivity index (χ0v) is 10.1. The first kappa shape index (κ1) is 12.5. The summed E-state index contributed by atoms with van der Waals surface area (Å²) in [7, 11) is 0. The maximum absolute atomic E-state index is 12.0. The van der Waals surface area contributed by atoms with Crippen LogP contribution in [-0.4, -0.2) is 42.6 Å². The van der Waals surface area contributed by atoms with Crippen molar-refractivity contribution in [2.45, 2.75) is 39.8 Å². The van der Waals surface area contributed by atoms with Crippen molar-refractivity contribution < 1.29 is 9.53 Å². The molecular weight excluding hydrogens is 192 g/mol. The van der Waals surface area contributed by atoms with Crippen LogP contribution >= 0.6 is 0 Å². The van der Waals surface area contributed by atoms with Crippen molar-refractivity contribution in [1.29, 1.82) is 0 Å². The molecule has 1 heterocycles. The van der Waals surface area contributed by atoms with E-state index in [9.17, 15) is 4.79 Å². The molecule has 0 saturated carbocycles. The van der Waals surface area contributed by atoms with E-state index in [-0.39, 0.29) is 23.5 Å². The van der Waals surface area contributed by atoms with E-state index in [1.54, 1.807) is 0 Å². The number of carbonyl (C=O) groups excluding carboxylic acids is 1. The van der Waals surface area contributed by atoms with Gasteiger partial charge < -0.3 is 15.4 Å². The molecule has 15 heavy (non-hydrogen) atoms. The first-order valence-electron chi connectivity index (χ1n) is 5.49. The van der Waals surface area contributed by atoms with Crippen LogP contribution in [0.15, 0.2) is 0 Å². The summed E-state index contributed by atoms with van der Waals surface area (Å²) in [5.74, 6) is 0.177. The Bertz CT molecular complexity index is 233. The van der Waals surface area contributed by atoms with Crippen molar-refractivity contribution in [2.24, 2.45) is 11.1 Å². The normalized spacial score (nSPS) is 25.1. The molecule has 0 aliphatic carbocycles. The molecule has 0 radical (unpaired) electrons. The highest BCUT2D eigenvalue weighted by molar-refractivity contribution is 5.81. The van der Waals surface area contributed by atoms with E-state index in [2.05, 4.69) is 0 Å². The van der Waals surface area contributed by atoms with Crippen molar-refractivity contribution in [3.8, 4) is 0 Å². The molecule has 2 atom stereocenters. The molecule has 0 aromatic heterocycles. The molecule has 1 rings (SSSR count). The van der Waals surface area contributed by atoms with E-state index in [1.165, 1.54) is 0 Å². The molecule has 4 nitrogen and oxygen atoms in total. The van der Waals surface area contributed by atoms with Gasteiger partial charge in [0.15, 0.2) is 0 Å². The zero-order chi connectivity index (χ0) is 11.6. The Kier molecular flexibility index (Phi) is 3.73. The summed E-state index contributed by atoms with van der Waals surface area (Å²) in [4.78, 5) is 13.9. The maximum Gasteiger partial charge on any atom is 0.228 e. The van der Waals surface area contributed by atoms with Crippen LogP contribution in [-0.2, 0) is 9.53 Å². The molecule has 0 bridgehead atoms. The maximum atomic E-state index is 12.0. The summed E-state index contributed by atoms with van der Waals surface area (Å²) in [6, 6.07) is -0.0273. The van der Waals surface area contributed by atoms with Gasteiger partial charge in [0, 0.05) is 24.5 Å². The number of hydrogen-bond acceptors (Lipinski definition) is 3. The second-order valence-electron chi connectivity index (χ2n) is 5.27. The van der Waals surface area contributed by atoms with Crippen molar-refractivity contribution in [2.75, 3.05) is 19.7 Å². The van der Waals surface area contributed by atoms with Crippen molar-refractivity contribution in [3.63, 3.8) is 0 Å². The fourth-order valence-electron chi connectivity index (χ4n) is 1.65. The number of morpholine rings is 1. The zero-order valence-electron chi connectivity index (χ0n) is 10.1. The lowest BCUT2D eigenvalue weighted by atomic mass is 9.94. The average Bonchev–Trinajstić information content (AvgIpc) is 2.15. The highest BCUT2D eigenvalue weighted by atomic mass is 16.5. The smallest absolute Gasteiger partial charge is 0.228 e. The second kappa shape index (κ2) is 4.49. The van der Waals surface area contributed by atoms with Crippen molar-refractivity contribution in [3.05, 3.63) is 0 Å². The van der Waals surface area contributed by atoms with Gasteiger partial charge in [0.2, 0.25) is 5.91 Å². The third-order valence-corrected chi connectivity index (χ3v) is 2.61. The molecule has 1 fully saturated rings. The summed E-state index contributed by atoms with van der Waals surface area (Å²) in [5, 5.41) is 0. The number of rotatable bonds is 1. The van der Waals surface area contributed by atoms with E-state index in [0.29, 0.717) is 19.7 Å². The van der Waals surface area contributed by atoms with Gasteiger partial charge in [0.05, 0.1) is 12.7 Å². The van der Waals surface area contributed by atoms with Crippen LogP contribution in [0.3, 0.4) is 0 Å². The summed E-state index contributed by atoms with van der Waals surface area (Å²) in [6.45, 7) is 9.61. The van der Waals surface area contributed by atoms with E-state index < -0.39 is 0 Å². The molecule has 1 saturated heterocycles. The third kappa shape index (κ3) is 3.18. The van der Waals surface area contributed by atoms with Crippen LogP contribution in [0.25, 0.3) is 0 Å². The van der Waals surface area contributed by atoms with Gasteiger partial charge in [0.25, 0.3) is 0 Å².